The molecule has 0 radical (unpaired) electrons. The lowest BCUT2D eigenvalue weighted by Crippen LogP contribution is -2.30. The van der Waals surface area contributed by atoms with Crippen LogP contribution in [0.5, 0.6) is 11.5 Å². The van der Waals surface area contributed by atoms with Gasteiger partial charge in [-0.15, -0.1) is 0 Å². The minimum Gasteiger partial charge on any atom is -0.493 e. The van der Waals surface area contributed by atoms with Crippen molar-refractivity contribution in [3.05, 3.63) is 59.1 Å². The third-order valence-electron chi connectivity index (χ3n) is 3.54. The molecule has 0 aliphatic heterocycles. The van der Waals surface area contributed by atoms with E-state index in [0.29, 0.717) is 36.3 Å². The average molecular weight is 362 g/mol. The number of nitrogens with zero attached hydrogens (tertiary/aromatic N) is 1. The topological polar surface area (TPSA) is 38.8 Å². The summed E-state index contributed by atoms with van der Waals surface area (Å²) in [6, 6.07) is 14.4. The van der Waals surface area contributed by atoms with Crippen LogP contribution in [-0.4, -0.2) is 37.6 Å². The maximum absolute atomic E-state index is 12.4. The van der Waals surface area contributed by atoms with Gasteiger partial charge in [0.05, 0.1) is 13.2 Å². The van der Waals surface area contributed by atoms with Crippen LogP contribution in [0.1, 0.15) is 24.2 Å². The molecule has 134 valence electrons. The first-order valence-corrected chi connectivity index (χ1v) is 8.70. The van der Waals surface area contributed by atoms with Crippen molar-refractivity contribution in [3.8, 4) is 11.5 Å². The largest absolute Gasteiger partial charge is 0.493 e. The van der Waals surface area contributed by atoms with Crippen LogP contribution in [-0.2, 0) is 0 Å². The van der Waals surface area contributed by atoms with Crippen LogP contribution >= 0.6 is 11.6 Å². The van der Waals surface area contributed by atoms with Crippen molar-refractivity contribution < 1.29 is 14.3 Å². The molecular formula is C20H24ClNO3. The van der Waals surface area contributed by atoms with Gasteiger partial charge in [-0.2, -0.15) is 0 Å². The molecular weight excluding hydrogens is 338 g/mol. The molecule has 0 atom stereocenters. The molecule has 0 bridgehead atoms. The minimum absolute atomic E-state index is 0.0462. The highest BCUT2D eigenvalue weighted by atomic mass is 35.5. The van der Waals surface area contributed by atoms with Gasteiger partial charge in [0.15, 0.2) is 0 Å². The second-order valence-electron chi connectivity index (χ2n) is 6.26. The Hall–Kier alpha value is -2.20. The highest BCUT2D eigenvalue weighted by Crippen LogP contribution is 2.16. The molecule has 2 aromatic carbocycles. The van der Waals surface area contributed by atoms with Gasteiger partial charge in [-0.1, -0.05) is 25.4 Å². The molecule has 4 nitrogen and oxygen atoms in total. The van der Waals surface area contributed by atoms with Gasteiger partial charge in [0, 0.05) is 17.6 Å². The van der Waals surface area contributed by atoms with Crippen LogP contribution in [0.4, 0.5) is 0 Å². The number of halogens is 1. The van der Waals surface area contributed by atoms with Gasteiger partial charge in [-0.25, -0.2) is 0 Å². The van der Waals surface area contributed by atoms with Gasteiger partial charge < -0.3 is 14.4 Å². The molecule has 0 heterocycles. The summed E-state index contributed by atoms with van der Waals surface area (Å²) in [7, 11) is 1.76. The SMILES string of the molecule is CC(C)COc1ccc(C(=O)N(C)CCOc2ccc(Cl)cc2)cc1. The van der Waals surface area contributed by atoms with Crippen molar-refractivity contribution in [2.75, 3.05) is 26.8 Å². The number of rotatable bonds is 8. The molecule has 0 N–H and O–H groups in total. The predicted octanol–water partition coefficient (Wildman–Crippen LogP) is 4.53. The lowest BCUT2D eigenvalue weighted by molar-refractivity contribution is 0.0773. The molecule has 0 saturated heterocycles. The van der Waals surface area contributed by atoms with E-state index in [0.717, 1.165) is 11.5 Å². The van der Waals surface area contributed by atoms with Crippen molar-refractivity contribution in [3.63, 3.8) is 0 Å². The van der Waals surface area contributed by atoms with Gasteiger partial charge in [-0.05, 0) is 54.4 Å². The van der Waals surface area contributed by atoms with Crippen LogP contribution in [0.25, 0.3) is 0 Å². The van der Waals surface area contributed by atoms with Gasteiger partial charge in [-0.3, -0.25) is 4.79 Å². The summed E-state index contributed by atoms with van der Waals surface area (Å²) in [5, 5.41) is 0.667. The van der Waals surface area contributed by atoms with Crippen molar-refractivity contribution in [1.82, 2.24) is 4.90 Å². The highest BCUT2D eigenvalue weighted by molar-refractivity contribution is 6.30. The Bertz CT molecular complexity index is 668. The number of likely N-dealkylation sites (N-methyl/N-ethyl adjacent to an activating group) is 1. The zero-order valence-corrected chi connectivity index (χ0v) is 15.6. The van der Waals surface area contributed by atoms with Gasteiger partial charge in [0.1, 0.15) is 18.1 Å². The third kappa shape index (κ3) is 6.31. The minimum atomic E-state index is -0.0462. The fraction of sp³-hybridized carbons (Fsp3) is 0.350. The molecule has 1 amide bonds. The Balaban J connectivity index is 1.81. The summed E-state index contributed by atoms with van der Waals surface area (Å²) >= 11 is 5.83. The molecule has 0 unspecified atom stereocenters. The number of amides is 1. The van der Waals surface area contributed by atoms with Gasteiger partial charge in [0.2, 0.25) is 0 Å². The Kier molecular flexibility index (Phi) is 7.14. The van der Waals surface area contributed by atoms with E-state index < -0.39 is 0 Å². The van der Waals surface area contributed by atoms with E-state index in [2.05, 4.69) is 13.8 Å². The molecule has 2 rings (SSSR count). The Morgan fingerprint density at radius 2 is 1.56 bits per heavy atom. The van der Waals surface area contributed by atoms with Crippen LogP contribution in [0.2, 0.25) is 5.02 Å². The molecule has 0 fully saturated rings. The lowest BCUT2D eigenvalue weighted by atomic mass is 10.2. The fourth-order valence-electron chi connectivity index (χ4n) is 2.11. The van der Waals surface area contributed by atoms with Crippen LogP contribution in [0.3, 0.4) is 0 Å². The third-order valence-corrected chi connectivity index (χ3v) is 3.79. The van der Waals surface area contributed by atoms with E-state index in [1.165, 1.54) is 0 Å². The maximum Gasteiger partial charge on any atom is 0.253 e. The first-order chi connectivity index (χ1) is 12.0. The molecule has 0 spiro atoms. The summed E-state index contributed by atoms with van der Waals surface area (Å²) in [4.78, 5) is 14.1. The number of hydrogen-bond donors (Lipinski definition) is 0. The van der Waals surface area contributed by atoms with Crippen molar-refractivity contribution in [1.29, 1.82) is 0 Å². The summed E-state index contributed by atoms with van der Waals surface area (Å²) in [6.45, 7) is 5.76. The number of carbonyl (C=O) groups is 1. The summed E-state index contributed by atoms with van der Waals surface area (Å²) in [6.07, 6.45) is 0. The fourth-order valence-corrected chi connectivity index (χ4v) is 2.24. The number of hydrogen-bond acceptors (Lipinski definition) is 3. The lowest BCUT2D eigenvalue weighted by Gasteiger charge is -2.18. The summed E-state index contributed by atoms with van der Waals surface area (Å²) in [5.41, 5.74) is 0.630. The molecule has 5 heteroatoms. The van der Waals surface area contributed by atoms with Crippen molar-refractivity contribution in [2.24, 2.45) is 5.92 Å². The Morgan fingerprint density at radius 3 is 2.16 bits per heavy atom. The molecule has 0 saturated carbocycles. The van der Waals surface area contributed by atoms with E-state index in [9.17, 15) is 4.79 Å². The summed E-state index contributed by atoms with van der Waals surface area (Å²) in [5.74, 6) is 1.93. The highest BCUT2D eigenvalue weighted by Gasteiger charge is 2.12. The van der Waals surface area contributed by atoms with E-state index in [4.69, 9.17) is 21.1 Å². The first-order valence-electron chi connectivity index (χ1n) is 8.32. The Morgan fingerprint density at radius 1 is 1.00 bits per heavy atom. The molecule has 25 heavy (non-hydrogen) atoms. The van der Waals surface area contributed by atoms with Crippen molar-refractivity contribution in [2.45, 2.75) is 13.8 Å². The molecule has 0 aliphatic carbocycles. The smallest absolute Gasteiger partial charge is 0.253 e. The van der Waals surface area contributed by atoms with Crippen LogP contribution in [0, 0.1) is 5.92 Å². The average Bonchev–Trinajstić information content (AvgIpc) is 2.61. The van der Waals surface area contributed by atoms with E-state index in [-0.39, 0.29) is 5.91 Å². The second kappa shape index (κ2) is 9.33. The van der Waals surface area contributed by atoms with Crippen molar-refractivity contribution >= 4 is 17.5 Å². The number of ether oxygens (including phenoxy) is 2. The first kappa shape index (κ1) is 19.1. The quantitative estimate of drug-likeness (QED) is 0.693. The monoisotopic (exact) mass is 361 g/mol. The van der Waals surface area contributed by atoms with E-state index in [1.807, 2.05) is 12.1 Å². The maximum atomic E-state index is 12.4. The molecule has 0 aromatic heterocycles. The standard InChI is InChI=1S/C20H24ClNO3/c1-15(2)14-25-19-8-4-16(5-9-19)20(23)22(3)12-13-24-18-10-6-17(21)7-11-18/h4-11,15H,12-14H2,1-3H3. The second-order valence-corrected chi connectivity index (χ2v) is 6.69. The predicted molar refractivity (Wildman–Crippen MR) is 101 cm³/mol. The zero-order valence-electron chi connectivity index (χ0n) is 14.9. The van der Waals surface area contributed by atoms with E-state index in [1.54, 1.807) is 48.3 Å². The Labute approximate surface area is 154 Å². The number of benzene rings is 2. The van der Waals surface area contributed by atoms with E-state index >= 15 is 0 Å². The van der Waals surface area contributed by atoms with Crippen LogP contribution in [0.15, 0.2) is 48.5 Å². The normalized spacial score (nSPS) is 10.6. The van der Waals surface area contributed by atoms with Crippen LogP contribution < -0.4 is 9.47 Å². The molecule has 0 aliphatic rings. The number of carbonyl (C=O) groups excluding carboxylic acids is 1. The van der Waals surface area contributed by atoms with Gasteiger partial charge >= 0.3 is 0 Å². The zero-order chi connectivity index (χ0) is 18.2. The molecule has 2 aromatic rings. The summed E-state index contributed by atoms with van der Waals surface area (Å²) < 4.78 is 11.2. The van der Waals surface area contributed by atoms with Gasteiger partial charge in [0.25, 0.3) is 5.91 Å².